The molecule has 0 aliphatic heterocycles. The first-order valence-corrected chi connectivity index (χ1v) is 11.3. The minimum absolute atomic E-state index is 0.509. The van der Waals surface area contributed by atoms with Gasteiger partial charge in [0.15, 0.2) is 0 Å². The molecule has 0 saturated heterocycles. The Labute approximate surface area is 164 Å². The molecule has 4 unspecified atom stereocenters. The van der Waals surface area contributed by atoms with Crippen LogP contribution in [0.2, 0.25) is 0 Å². The zero-order valence-electron chi connectivity index (χ0n) is 17.2. The summed E-state index contributed by atoms with van der Waals surface area (Å²) in [6, 6.07) is 8.45. The molecule has 1 nitrogen and oxygen atoms in total. The van der Waals surface area contributed by atoms with Crippen LogP contribution in [0.4, 0.5) is 0 Å². The van der Waals surface area contributed by atoms with Crippen molar-refractivity contribution in [2.45, 2.75) is 77.2 Å². The third kappa shape index (κ3) is 3.92. The van der Waals surface area contributed by atoms with Crippen LogP contribution in [0.1, 0.15) is 72.3 Å². The van der Waals surface area contributed by atoms with Crippen molar-refractivity contribution in [3.63, 3.8) is 0 Å². The lowest BCUT2D eigenvalue weighted by molar-refractivity contribution is 0.0784. The van der Waals surface area contributed by atoms with E-state index in [9.17, 15) is 5.11 Å². The minimum atomic E-state index is -0.765. The maximum Gasteiger partial charge on any atom is 0.0840 e. The van der Waals surface area contributed by atoms with Crippen molar-refractivity contribution in [1.82, 2.24) is 0 Å². The Morgan fingerprint density at radius 3 is 2.81 bits per heavy atom. The van der Waals surface area contributed by atoms with Crippen molar-refractivity contribution in [3.8, 4) is 0 Å². The highest BCUT2D eigenvalue weighted by atomic mass is 32.2. The van der Waals surface area contributed by atoms with Crippen LogP contribution in [0.5, 0.6) is 0 Å². The van der Waals surface area contributed by atoms with Crippen LogP contribution in [0, 0.1) is 23.2 Å². The fourth-order valence-corrected chi connectivity index (χ4v) is 6.74. The fraction of sp³-hybridized carbons (Fsp3) is 0.667. The smallest absolute Gasteiger partial charge is 0.0840 e. The third-order valence-corrected chi connectivity index (χ3v) is 8.43. The van der Waals surface area contributed by atoms with Gasteiger partial charge in [0.2, 0.25) is 0 Å². The molecule has 26 heavy (non-hydrogen) atoms. The summed E-state index contributed by atoms with van der Waals surface area (Å²) in [5.74, 6) is 3.58. The lowest BCUT2D eigenvalue weighted by Crippen LogP contribution is -2.36. The van der Waals surface area contributed by atoms with Gasteiger partial charge < -0.3 is 5.11 Å². The van der Waals surface area contributed by atoms with Gasteiger partial charge in [0.25, 0.3) is 0 Å². The molecular weight excluding hydrogens is 336 g/mol. The molecule has 1 N–H and O–H groups in total. The summed E-state index contributed by atoms with van der Waals surface area (Å²) in [6.45, 7) is 11.0. The van der Waals surface area contributed by atoms with E-state index in [1.54, 1.807) is 5.57 Å². The topological polar surface area (TPSA) is 20.2 Å². The number of hydrogen-bond donors (Lipinski definition) is 1. The van der Waals surface area contributed by atoms with E-state index in [1.165, 1.54) is 42.8 Å². The molecule has 4 atom stereocenters. The highest BCUT2D eigenvalue weighted by Gasteiger charge is 2.50. The minimum Gasteiger partial charge on any atom is -0.386 e. The lowest BCUT2D eigenvalue weighted by atomic mass is 9.61. The van der Waals surface area contributed by atoms with E-state index in [2.05, 4.69) is 45.0 Å². The van der Waals surface area contributed by atoms with Gasteiger partial charge in [-0.1, -0.05) is 37.6 Å². The van der Waals surface area contributed by atoms with E-state index >= 15 is 0 Å². The Hall–Kier alpha value is -0.730. The average Bonchev–Trinajstić information content (AvgIpc) is 2.96. The van der Waals surface area contributed by atoms with Crippen LogP contribution in [-0.2, 0) is 5.60 Å². The van der Waals surface area contributed by atoms with Gasteiger partial charge in [-0.2, -0.15) is 0 Å². The van der Waals surface area contributed by atoms with Crippen LogP contribution in [-0.4, -0.2) is 10.9 Å². The normalized spacial score (nSPS) is 31.8. The largest absolute Gasteiger partial charge is 0.386 e. The van der Waals surface area contributed by atoms with E-state index in [1.807, 2.05) is 31.7 Å². The predicted octanol–water partition coefficient (Wildman–Crippen LogP) is 6.80. The summed E-state index contributed by atoms with van der Waals surface area (Å²) >= 11 is 1.96. The van der Waals surface area contributed by atoms with E-state index in [0.717, 1.165) is 23.3 Å². The molecule has 0 heterocycles. The van der Waals surface area contributed by atoms with Gasteiger partial charge in [0.05, 0.1) is 5.60 Å². The van der Waals surface area contributed by atoms with Gasteiger partial charge in [-0.25, -0.2) is 0 Å². The van der Waals surface area contributed by atoms with Gasteiger partial charge in [-0.05, 0) is 93.7 Å². The third-order valence-electron chi connectivity index (χ3n) is 7.15. The molecular formula is C24H36OS. The zero-order valence-corrected chi connectivity index (χ0v) is 18.0. The molecule has 0 spiro atoms. The summed E-state index contributed by atoms with van der Waals surface area (Å²) in [5.41, 5.74) is 2.49. The predicted molar refractivity (Wildman–Crippen MR) is 114 cm³/mol. The summed E-state index contributed by atoms with van der Waals surface area (Å²) in [7, 11) is 0. The Balaban J connectivity index is 1.67. The van der Waals surface area contributed by atoms with Crippen LogP contribution < -0.4 is 0 Å². The molecule has 0 aromatic heterocycles. The Morgan fingerprint density at radius 2 is 2.12 bits per heavy atom. The number of benzene rings is 1. The van der Waals surface area contributed by atoms with Crippen molar-refractivity contribution in [3.05, 3.63) is 41.5 Å². The molecule has 1 aromatic rings. The summed E-state index contributed by atoms with van der Waals surface area (Å²) in [6.07, 6.45) is 9.30. The number of rotatable bonds is 5. The van der Waals surface area contributed by atoms with E-state index in [0.29, 0.717) is 5.41 Å². The molecule has 0 bridgehead atoms. The second kappa shape index (κ2) is 7.72. The summed E-state index contributed by atoms with van der Waals surface area (Å²) in [4.78, 5) is 1.29. The van der Waals surface area contributed by atoms with Gasteiger partial charge in [-0.3, -0.25) is 0 Å². The van der Waals surface area contributed by atoms with Gasteiger partial charge in [0, 0.05) is 10.6 Å². The molecule has 2 heteroatoms. The average molecular weight is 373 g/mol. The SMILES string of the molecule is C/C=C1\CCCC2(C)C1CCC2C(C)CSc1cccc(C(C)(C)O)c1. The first kappa shape index (κ1) is 20.0. The van der Waals surface area contributed by atoms with Crippen LogP contribution in [0.3, 0.4) is 0 Å². The second-order valence-corrected chi connectivity index (χ2v) is 10.4. The van der Waals surface area contributed by atoms with Crippen molar-refractivity contribution in [2.75, 3.05) is 5.75 Å². The maximum atomic E-state index is 10.3. The maximum absolute atomic E-state index is 10.3. The molecule has 144 valence electrons. The van der Waals surface area contributed by atoms with Crippen LogP contribution in [0.25, 0.3) is 0 Å². The Bertz CT molecular complexity index is 656. The first-order chi connectivity index (χ1) is 12.3. The van der Waals surface area contributed by atoms with Crippen molar-refractivity contribution in [1.29, 1.82) is 0 Å². The Morgan fingerprint density at radius 1 is 1.35 bits per heavy atom. The lowest BCUT2D eigenvalue weighted by Gasteiger charge is -2.44. The summed E-state index contributed by atoms with van der Waals surface area (Å²) in [5, 5.41) is 10.3. The van der Waals surface area contributed by atoms with Crippen molar-refractivity contribution >= 4 is 11.8 Å². The van der Waals surface area contributed by atoms with E-state index < -0.39 is 5.60 Å². The fourth-order valence-electron chi connectivity index (χ4n) is 5.67. The first-order valence-electron chi connectivity index (χ1n) is 10.4. The van der Waals surface area contributed by atoms with Gasteiger partial charge >= 0.3 is 0 Å². The van der Waals surface area contributed by atoms with E-state index in [-0.39, 0.29) is 0 Å². The molecule has 3 rings (SSSR count). The quantitative estimate of drug-likeness (QED) is 0.453. The van der Waals surface area contributed by atoms with Crippen molar-refractivity contribution < 1.29 is 5.11 Å². The molecule has 1 aromatic carbocycles. The molecule has 2 saturated carbocycles. The van der Waals surface area contributed by atoms with Gasteiger partial charge in [0.1, 0.15) is 0 Å². The van der Waals surface area contributed by atoms with Gasteiger partial charge in [-0.15, -0.1) is 11.8 Å². The molecule has 0 radical (unpaired) electrons. The second-order valence-electron chi connectivity index (χ2n) is 9.33. The number of hydrogen-bond acceptors (Lipinski definition) is 2. The number of fused-ring (bicyclic) bond motifs is 1. The molecule has 2 aliphatic carbocycles. The monoisotopic (exact) mass is 372 g/mol. The number of thioether (sulfide) groups is 1. The number of aliphatic hydroxyl groups is 1. The summed E-state index contributed by atoms with van der Waals surface area (Å²) < 4.78 is 0. The van der Waals surface area contributed by atoms with Crippen molar-refractivity contribution in [2.24, 2.45) is 23.2 Å². The zero-order chi connectivity index (χ0) is 18.9. The molecule has 2 aliphatic rings. The van der Waals surface area contributed by atoms with Crippen LogP contribution >= 0.6 is 11.8 Å². The number of allylic oxidation sites excluding steroid dienone is 2. The molecule has 2 fully saturated rings. The van der Waals surface area contributed by atoms with E-state index in [4.69, 9.17) is 0 Å². The molecule has 0 amide bonds. The standard InChI is InChI=1S/C24H36OS/c1-6-18-9-8-14-24(5)21(12-13-22(18)24)17(2)16-26-20-11-7-10-19(15-20)23(3,4)25/h6-7,10-11,15,17,21-22,25H,8-9,12-14,16H2,1-5H3/b18-6+. The van der Waals surface area contributed by atoms with Crippen LogP contribution in [0.15, 0.2) is 40.8 Å². The Kier molecular flexibility index (Phi) is 5.94. The highest BCUT2D eigenvalue weighted by molar-refractivity contribution is 7.99. The highest BCUT2D eigenvalue weighted by Crippen LogP contribution is 2.59.